The van der Waals surface area contributed by atoms with Gasteiger partial charge in [-0.15, -0.1) is 45.9 Å². The minimum absolute atomic E-state index is 0. The van der Waals surface area contributed by atoms with Crippen molar-refractivity contribution in [2.45, 2.75) is 34.1 Å². The third kappa shape index (κ3) is 7.83. The second-order valence-electron chi connectivity index (χ2n) is 9.43. The Morgan fingerprint density at radius 2 is 1.44 bits per heavy atom. The van der Waals surface area contributed by atoms with E-state index >= 15 is 0 Å². The van der Waals surface area contributed by atoms with Crippen molar-refractivity contribution in [2.75, 3.05) is 12.3 Å². The van der Waals surface area contributed by atoms with Gasteiger partial charge in [0, 0.05) is 0 Å². The molecule has 4 aromatic carbocycles. The average molecular weight is 587 g/mol. The maximum Gasteiger partial charge on any atom is 4.00 e. The van der Waals surface area contributed by atoms with Crippen LogP contribution in [0.3, 0.4) is 0 Å². The second-order valence-corrected chi connectivity index (χ2v) is 11.8. The minimum Gasteiger partial charge on any atom is -1.00 e. The Kier molecular flexibility index (Phi) is 13.4. The largest absolute Gasteiger partial charge is 4.00 e. The molecule has 0 N–H and O–H groups in total. The van der Waals surface area contributed by atoms with Crippen molar-refractivity contribution in [1.29, 1.82) is 0 Å². The van der Waals surface area contributed by atoms with Crippen LogP contribution in [0.2, 0.25) is 0 Å². The molecule has 0 radical (unpaired) electrons. The molecule has 0 amide bonds. The van der Waals surface area contributed by atoms with Gasteiger partial charge in [-0.3, -0.25) is 0 Å². The fourth-order valence-corrected chi connectivity index (χ4v) is 7.46. The predicted octanol–water partition coefficient (Wildman–Crippen LogP) is 2.04. The predicted molar refractivity (Wildman–Crippen MR) is 139 cm³/mol. The van der Waals surface area contributed by atoms with Crippen LogP contribution in [0.4, 0.5) is 0 Å². The summed E-state index contributed by atoms with van der Waals surface area (Å²) in [6.07, 6.45) is 3.78. The minimum atomic E-state index is 0. The SMILES string of the molecule is CC(C)CP(CC(C)C)c1cc2ccccc2[cH-]1.[Cl-].[Cl-].[Zr+4].[c-]1cccc2c1Cc1ccccc1-2. The van der Waals surface area contributed by atoms with Crippen LogP contribution in [0.25, 0.3) is 21.9 Å². The molecule has 0 aromatic heterocycles. The number of benzene rings is 3. The van der Waals surface area contributed by atoms with Crippen molar-refractivity contribution in [1.82, 2.24) is 0 Å². The van der Waals surface area contributed by atoms with Gasteiger partial charge in [-0.1, -0.05) is 77.1 Å². The van der Waals surface area contributed by atoms with Crippen molar-refractivity contribution >= 4 is 24.0 Å². The first-order valence-electron chi connectivity index (χ1n) is 11.5. The van der Waals surface area contributed by atoms with E-state index in [0.717, 1.165) is 18.3 Å². The summed E-state index contributed by atoms with van der Waals surface area (Å²) in [6, 6.07) is 31.7. The molecular formula is C30H33Cl2PZr. The number of hydrogen-bond acceptors (Lipinski definition) is 0. The molecule has 0 fully saturated rings. The normalized spacial score (nSPS) is 11.1. The summed E-state index contributed by atoms with van der Waals surface area (Å²) >= 11 is 0. The van der Waals surface area contributed by atoms with E-state index in [2.05, 4.69) is 107 Å². The van der Waals surface area contributed by atoms with Gasteiger partial charge in [0.15, 0.2) is 0 Å². The van der Waals surface area contributed by atoms with E-state index in [1.54, 1.807) is 5.30 Å². The summed E-state index contributed by atoms with van der Waals surface area (Å²) < 4.78 is 0. The third-order valence-corrected chi connectivity index (χ3v) is 9.09. The van der Waals surface area contributed by atoms with Crippen LogP contribution in [-0.4, -0.2) is 12.3 Å². The number of hydrogen-bond donors (Lipinski definition) is 0. The Labute approximate surface area is 239 Å². The van der Waals surface area contributed by atoms with Crippen molar-refractivity contribution < 1.29 is 51.0 Å². The molecule has 0 nitrogen and oxygen atoms in total. The van der Waals surface area contributed by atoms with Gasteiger partial charge in [0.05, 0.1) is 0 Å². The van der Waals surface area contributed by atoms with Gasteiger partial charge >= 0.3 is 26.2 Å². The zero-order valence-electron chi connectivity index (χ0n) is 20.5. The summed E-state index contributed by atoms with van der Waals surface area (Å²) in [6.45, 7) is 9.38. The molecule has 0 saturated heterocycles. The fraction of sp³-hybridized carbons (Fsp3) is 0.300. The molecule has 0 saturated carbocycles. The van der Waals surface area contributed by atoms with E-state index in [0.29, 0.717) is 0 Å². The molecule has 1 aliphatic rings. The summed E-state index contributed by atoms with van der Waals surface area (Å²) in [5, 5.41) is 4.42. The topological polar surface area (TPSA) is 0 Å². The van der Waals surface area contributed by atoms with Crippen molar-refractivity contribution in [2.24, 2.45) is 11.8 Å². The maximum atomic E-state index is 3.30. The van der Waals surface area contributed by atoms with Crippen molar-refractivity contribution in [3.05, 3.63) is 96.1 Å². The molecule has 0 spiro atoms. The van der Waals surface area contributed by atoms with E-state index < -0.39 is 0 Å². The molecule has 0 bridgehead atoms. The quantitative estimate of drug-likeness (QED) is 0.219. The van der Waals surface area contributed by atoms with E-state index in [1.807, 2.05) is 6.07 Å². The molecule has 0 atom stereocenters. The Morgan fingerprint density at radius 1 is 0.824 bits per heavy atom. The van der Waals surface area contributed by atoms with Crippen LogP contribution < -0.4 is 30.1 Å². The maximum absolute atomic E-state index is 3.30. The van der Waals surface area contributed by atoms with Gasteiger partial charge in [-0.05, 0) is 30.6 Å². The first-order chi connectivity index (χ1) is 15.0. The Balaban J connectivity index is 0.000000323. The Bertz CT molecular complexity index is 1060. The Hall–Kier alpha value is -0.837. The first kappa shape index (κ1) is 31.2. The summed E-state index contributed by atoms with van der Waals surface area (Å²) in [5.74, 6) is 1.60. The van der Waals surface area contributed by atoms with E-state index in [-0.39, 0.29) is 58.9 Å². The smallest absolute Gasteiger partial charge is 1.00 e. The van der Waals surface area contributed by atoms with Crippen LogP contribution in [0.15, 0.2) is 78.9 Å². The number of rotatable bonds is 5. The molecule has 5 rings (SSSR count). The van der Waals surface area contributed by atoms with Gasteiger partial charge in [0.1, 0.15) is 0 Å². The fourth-order valence-electron chi connectivity index (χ4n) is 4.48. The molecule has 176 valence electrons. The summed E-state index contributed by atoms with van der Waals surface area (Å²) in [5.41, 5.74) is 5.51. The Morgan fingerprint density at radius 3 is 2.12 bits per heavy atom. The van der Waals surface area contributed by atoms with E-state index in [4.69, 9.17) is 0 Å². The van der Waals surface area contributed by atoms with Crippen molar-refractivity contribution in [3.8, 4) is 11.1 Å². The molecule has 4 aromatic rings. The third-order valence-electron chi connectivity index (χ3n) is 5.76. The zero-order chi connectivity index (χ0) is 21.8. The monoisotopic (exact) mass is 584 g/mol. The molecule has 0 unspecified atom stereocenters. The van der Waals surface area contributed by atoms with Crippen LogP contribution in [0, 0.1) is 17.9 Å². The summed E-state index contributed by atoms with van der Waals surface area (Å²) in [7, 11) is 0.0185. The molecule has 4 heteroatoms. The van der Waals surface area contributed by atoms with Crippen LogP contribution in [0.5, 0.6) is 0 Å². The molecular weight excluding hydrogens is 553 g/mol. The molecule has 34 heavy (non-hydrogen) atoms. The molecule has 0 heterocycles. The van der Waals surface area contributed by atoms with Crippen LogP contribution in [0.1, 0.15) is 38.8 Å². The van der Waals surface area contributed by atoms with Gasteiger partial charge in [-0.25, -0.2) is 0 Å². The summed E-state index contributed by atoms with van der Waals surface area (Å²) in [4.78, 5) is 0. The van der Waals surface area contributed by atoms with Crippen LogP contribution in [-0.2, 0) is 32.6 Å². The van der Waals surface area contributed by atoms with Crippen LogP contribution >= 0.6 is 7.92 Å². The number of halogens is 2. The standard InChI is InChI=1S/C17H24P.C13H9.2ClH.Zr/c1-13(2)11-18(12-14(3)4)17-9-15-7-5-6-8-16(15)10-17;1-3-7-12-10(5-1)9-11-6-2-4-8-13(11)12;;;/h5-10,13-14H,11-12H2,1-4H3;1-5,7-8H,9H2;2*1H;/q2*-1;;;+4/p-2. The van der Waals surface area contributed by atoms with Gasteiger partial charge < -0.3 is 24.8 Å². The molecule has 0 aliphatic heterocycles. The first-order valence-corrected chi connectivity index (χ1v) is 13.2. The number of fused-ring (bicyclic) bond motifs is 4. The average Bonchev–Trinajstić information content (AvgIpc) is 3.34. The molecule has 1 aliphatic carbocycles. The van der Waals surface area contributed by atoms with Gasteiger partial charge in [0.25, 0.3) is 0 Å². The van der Waals surface area contributed by atoms with Gasteiger partial charge in [-0.2, -0.15) is 35.9 Å². The zero-order valence-corrected chi connectivity index (χ0v) is 25.3. The second kappa shape index (κ2) is 14.7. The van der Waals surface area contributed by atoms with Crippen molar-refractivity contribution in [3.63, 3.8) is 0 Å². The van der Waals surface area contributed by atoms with E-state index in [1.165, 1.54) is 45.4 Å². The van der Waals surface area contributed by atoms with Gasteiger partial charge in [0.2, 0.25) is 0 Å². The van der Waals surface area contributed by atoms with E-state index in [9.17, 15) is 0 Å².